The number of benzene rings is 1. The van der Waals surface area contributed by atoms with E-state index in [1.54, 1.807) is 0 Å². The lowest BCUT2D eigenvalue weighted by Crippen LogP contribution is -2.35. The van der Waals surface area contributed by atoms with E-state index >= 15 is 0 Å². The number of carboxylic acids is 1. The third kappa shape index (κ3) is 3.06. The normalized spacial score (nSPS) is 22.9. The van der Waals surface area contributed by atoms with Gasteiger partial charge in [0.1, 0.15) is 6.04 Å². The van der Waals surface area contributed by atoms with Gasteiger partial charge in [-0.2, -0.15) is 0 Å². The molecule has 1 saturated heterocycles. The average Bonchev–Trinajstić information content (AvgIpc) is 2.70. The van der Waals surface area contributed by atoms with Gasteiger partial charge in [0, 0.05) is 36.2 Å². The number of hydrogen-bond donors (Lipinski definition) is 2. The summed E-state index contributed by atoms with van der Waals surface area (Å²) < 4.78 is 0. The molecule has 1 aliphatic heterocycles. The van der Waals surface area contributed by atoms with Crippen LogP contribution in [-0.4, -0.2) is 44.7 Å². The predicted molar refractivity (Wildman–Crippen MR) is 70.6 cm³/mol. The number of aliphatic hydroxyl groups excluding tert-OH is 1. The number of nitro groups is 1. The number of β-amino-alcohol motifs (C(OH)–C–C–N with tert-alkyl or cyclic N) is 1. The Morgan fingerprint density at radius 1 is 1.55 bits per heavy atom. The maximum absolute atomic E-state index is 11.1. The van der Waals surface area contributed by atoms with Gasteiger partial charge >= 0.3 is 5.97 Å². The number of aliphatic carboxylic acids is 1. The van der Waals surface area contributed by atoms with Gasteiger partial charge in [0.15, 0.2) is 0 Å². The zero-order valence-corrected chi connectivity index (χ0v) is 11.2. The lowest BCUT2D eigenvalue weighted by atomic mass is 10.1. The van der Waals surface area contributed by atoms with Crippen LogP contribution in [0.25, 0.3) is 0 Å². The molecule has 1 aromatic carbocycles. The van der Waals surface area contributed by atoms with Gasteiger partial charge in [-0.3, -0.25) is 19.8 Å². The van der Waals surface area contributed by atoms with Crippen LogP contribution in [0.4, 0.5) is 5.69 Å². The van der Waals surface area contributed by atoms with Crippen molar-refractivity contribution in [3.63, 3.8) is 0 Å². The Bertz CT molecular complexity index is 551. The van der Waals surface area contributed by atoms with E-state index in [9.17, 15) is 20.0 Å². The van der Waals surface area contributed by atoms with Crippen molar-refractivity contribution in [2.45, 2.75) is 25.1 Å². The van der Waals surface area contributed by atoms with Crippen LogP contribution in [-0.2, 0) is 11.3 Å². The summed E-state index contributed by atoms with van der Waals surface area (Å²) in [6.45, 7) is 0.228. The molecule has 0 aromatic heterocycles. The molecule has 20 heavy (non-hydrogen) atoms. The Kier molecular flexibility index (Phi) is 4.22. The molecule has 1 aliphatic rings. The minimum atomic E-state index is -1.05. The topological polar surface area (TPSA) is 104 Å². The highest BCUT2D eigenvalue weighted by atomic mass is 35.5. The van der Waals surface area contributed by atoms with E-state index < -0.39 is 23.0 Å². The van der Waals surface area contributed by atoms with E-state index in [0.29, 0.717) is 10.6 Å². The first-order chi connectivity index (χ1) is 9.38. The van der Waals surface area contributed by atoms with Crippen molar-refractivity contribution >= 4 is 23.3 Å². The molecule has 1 fully saturated rings. The number of nitro benzene ring substituents is 1. The first-order valence-electron chi connectivity index (χ1n) is 5.96. The van der Waals surface area contributed by atoms with E-state index in [-0.39, 0.29) is 25.2 Å². The maximum Gasteiger partial charge on any atom is 0.321 e. The summed E-state index contributed by atoms with van der Waals surface area (Å²) in [6.07, 6.45) is -0.627. The molecule has 1 heterocycles. The van der Waals surface area contributed by atoms with Gasteiger partial charge in [0.05, 0.1) is 11.0 Å². The van der Waals surface area contributed by atoms with E-state index in [1.165, 1.54) is 23.1 Å². The molecular weight excluding hydrogens is 288 g/mol. The third-order valence-electron chi connectivity index (χ3n) is 3.28. The molecular formula is C12H13ClN2O5. The Hall–Kier alpha value is -1.70. The minimum absolute atomic E-state index is 0.0604. The molecule has 0 spiro atoms. The summed E-state index contributed by atoms with van der Waals surface area (Å²) in [5, 5.41) is 30.0. The van der Waals surface area contributed by atoms with E-state index in [4.69, 9.17) is 16.7 Å². The third-order valence-corrected chi connectivity index (χ3v) is 3.51. The highest BCUT2D eigenvalue weighted by molar-refractivity contribution is 6.30. The Labute approximate surface area is 119 Å². The number of halogens is 1. The lowest BCUT2D eigenvalue weighted by molar-refractivity contribution is -0.385. The molecule has 0 saturated carbocycles. The van der Waals surface area contributed by atoms with Crippen molar-refractivity contribution in [1.82, 2.24) is 4.90 Å². The Morgan fingerprint density at radius 2 is 2.25 bits per heavy atom. The smallest absolute Gasteiger partial charge is 0.321 e. The summed E-state index contributed by atoms with van der Waals surface area (Å²) in [5.41, 5.74) is 0.225. The van der Waals surface area contributed by atoms with Crippen molar-refractivity contribution in [2.24, 2.45) is 0 Å². The first kappa shape index (κ1) is 14.7. The van der Waals surface area contributed by atoms with Gasteiger partial charge in [0.2, 0.25) is 0 Å². The molecule has 8 heteroatoms. The van der Waals surface area contributed by atoms with Crippen LogP contribution in [0.5, 0.6) is 0 Å². The number of aliphatic hydroxyl groups is 1. The number of rotatable bonds is 4. The quantitative estimate of drug-likeness (QED) is 0.641. The largest absolute Gasteiger partial charge is 0.480 e. The Balaban J connectivity index is 2.27. The fourth-order valence-corrected chi connectivity index (χ4v) is 2.58. The zero-order chi connectivity index (χ0) is 14.9. The molecule has 0 amide bonds. The van der Waals surface area contributed by atoms with E-state index in [0.717, 1.165) is 0 Å². The van der Waals surface area contributed by atoms with Crippen molar-refractivity contribution in [2.75, 3.05) is 6.54 Å². The van der Waals surface area contributed by atoms with Gasteiger partial charge in [-0.25, -0.2) is 0 Å². The molecule has 0 aliphatic carbocycles. The highest BCUT2D eigenvalue weighted by Gasteiger charge is 2.36. The van der Waals surface area contributed by atoms with E-state index in [2.05, 4.69) is 0 Å². The SMILES string of the molecule is O=C(O)C1CC(O)CN1Cc1cc(Cl)ccc1[N+](=O)[O-]. The number of hydrogen-bond acceptors (Lipinski definition) is 5. The fourth-order valence-electron chi connectivity index (χ4n) is 2.39. The van der Waals surface area contributed by atoms with Crippen LogP contribution in [0.3, 0.4) is 0 Å². The van der Waals surface area contributed by atoms with Crippen LogP contribution in [0.2, 0.25) is 5.02 Å². The van der Waals surface area contributed by atoms with Crippen molar-refractivity contribution in [1.29, 1.82) is 0 Å². The highest BCUT2D eigenvalue weighted by Crippen LogP contribution is 2.27. The molecule has 7 nitrogen and oxygen atoms in total. The molecule has 0 bridgehead atoms. The van der Waals surface area contributed by atoms with Crippen LogP contribution >= 0.6 is 11.6 Å². The molecule has 2 unspecified atom stereocenters. The lowest BCUT2D eigenvalue weighted by Gasteiger charge is -2.20. The van der Waals surface area contributed by atoms with Gasteiger partial charge in [-0.1, -0.05) is 11.6 Å². The summed E-state index contributed by atoms with van der Waals surface area (Å²) in [4.78, 5) is 23.1. The molecule has 2 rings (SSSR count). The summed E-state index contributed by atoms with van der Waals surface area (Å²) >= 11 is 5.83. The van der Waals surface area contributed by atoms with Crippen LogP contribution in [0.15, 0.2) is 18.2 Å². The van der Waals surface area contributed by atoms with Crippen LogP contribution in [0, 0.1) is 10.1 Å². The number of nitrogens with zero attached hydrogens (tertiary/aromatic N) is 2. The van der Waals surface area contributed by atoms with Crippen LogP contribution in [0.1, 0.15) is 12.0 Å². The average molecular weight is 301 g/mol. The van der Waals surface area contributed by atoms with Crippen molar-refractivity contribution in [3.8, 4) is 0 Å². The second kappa shape index (κ2) is 5.74. The number of carbonyl (C=O) groups is 1. The molecule has 2 N–H and O–H groups in total. The molecule has 1 aromatic rings. The Morgan fingerprint density at radius 3 is 2.85 bits per heavy atom. The van der Waals surface area contributed by atoms with E-state index in [1.807, 2.05) is 0 Å². The zero-order valence-electron chi connectivity index (χ0n) is 10.4. The van der Waals surface area contributed by atoms with Gasteiger partial charge in [-0.05, 0) is 12.1 Å². The minimum Gasteiger partial charge on any atom is -0.480 e. The van der Waals surface area contributed by atoms with Gasteiger partial charge in [-0.15, -0.1) is 0 Å². The summed E-state index contributed by atoms with van der Waals surface area (Å²) in [7, 11) is 0. The number of carboxylic acid groups (broad SMARTS) is 1. The summed E-state index contributed by atoms with van der Waals surface area (Å²) in [5.74, 6) is -1.05. The van der Waals surface area contributed by atoms with Gasteiger partial charge in [0.25, 0.3) is 5.69 Å². The van der Waals surface area contributed by atoms with Crippen LogP contribution < -0.4 is 0 Å². The monoisotopic (exact) mass is 300 g/mol. The van der Waals surface area contributed by atoms with Gasteiger partial charge < -0.3 is 10.2 Å². The van der Waals surface area contributed by atoms with Crippen molar-refractivity contribution < 1.29 is 19.9 Å². The molecule has 2 atom stereocenters. The predicted octanol–water partition coefficient (Wildman–Crippen LogP) is 1.27. The number of likely N-dealkylation sites (tertiary alicyclic amines) is 1. The second-order valence-electron chi connectivity index (χ2n) is 4.70. The first-order valence-corrected chi connectivity index (χ1v) is 6.34. The molecule has 108 valence electrons. The van der Waals surface area contributed by atoms with Crippen molar-refractivity contribution in [3.05, 3.63) is 38.9 Å². The molecule has 0 radical (unpaired) electrons. The fraction of sp³-hybridized carbons (Fsp3) is 0.417. The maximum atomic E-state index is 11.1. The second-order valence-corrected chi connectivity index (χ2v) is 5.14. The summed E-state index contributed by atoms with van der Waals surface area (Å²) in [6, 6.07) is 3.31. The standard InChI is InChI=1S/C12H13ClN2O5/c13-8-1-2-10(15(19)20)7(3-8)5-14-6-9(16)4-11(14)12(17)18/h1-3,9,11,16H,4-6H2,(H,17,18).